The summed E-state index contributed by atoms with van der Waals surface area (Å²) in [5.74, 6) is 5.86. The van der Waals surface area contributed by atoms with Gasteiger partial charge in [-0.1, -0.05) is 29.6 Å². The summed E-state index contributed by atoms with van der Waals surface area (Å²) in [6.45, 7) is 0. The van der Waals surface area contributed by atoms with Crippen LogP contribution in [0.25, 0.3) is 11.4 Å². The lowest BCUT2D eigenvalue weighted by atomic mass is 10.2. The molecule has 0 saturated carbocycles. The van der Waals surface area contributed by atoms with Crippen molar-refractivity contribution in [3.05, 3.63) is 48.0 Å². The first-order valence-electron chi connectivity index (χ1n) is 8.11. The Morgan fingerprint density at radius 3 is 2.46 bits per heavy atom. The Hall–Kier alpha value is -2.46. The minimum Gasteiger partial charge on any atom is -0.497 e. The SMILES string of the molecule is COc1ccc(-c2nnc(SCc3ccc(SC(F)F)c(OC)c3)n2N)cc1. The summed E-state index contributed by atoms with van der Waals surface area (Å²) in [6.07, 6.45) is 0. The van der Waals surface area contributed by atoms with Gasteiger partial charge in [0, 0.05) is 11.3 Å². The molecule has 2 N–H and O–H groups in total. The number of benzene rings is 2. The monoisotopic (exact) mass is 424 g/mol. The van der Waals surface area contributed by atoms with Crippen molar-refractivity contribution in [2.75, 3.05) is 20.1 Å². The van der Waals surface area contributed by atoms with E-state index in [1.165, 1.54) is 23.5 Å². The second-order valence-corrected chi connectivity index (χ2v) is 7.53. The summed E-state index contributed by atoms with van der Waals surface area (Å²) in [5.41, 5.74) is 1.71. The largest absolute Gasteiger partial charge is 0.497 e. The first-order chi connectivity index (χ1) is 13.5. The topological polar surface area (TPSA) is 75.2 Å². The van der Waals surface area contributed by atoms with Gasteiger partial charge in [-0.25, -0.2) is 4.68 Å². The predicted octanol–water partition coefficient (Wildman–Crippen LogP) is 4.28. The first-order valence-corrected chi connectivity index (χ1v) is 9.97. The Morgan fingerprint density at radius 2 is 1.82 bits per heavy atom. The molecule has 6 nitrogen and oxygen atoms in total. The Labute approximate surface area is 169 Å². The van der Waals surface area contributed by atoms with Crippen LogP contribution in [0.2, 0.25) is 0 Å². The van der Waals surface area contributed by atoms with Crippen LogP contribution in [0.5, 0.6) is 11.5 Å². The highest BCUT2D eigenvalue weighted by molar-refractivity contribution is 7.99. The van der Waals surface area contributed by atoms with Gasteiger partial charge in [0.05, 0.1) is 19.1 Å². The molecule has 1 heterocycles. The Balaban J connectivity index is 1.72. The lowest BCUT2D eigenvalue weighted by Crippen LogP contribution is -2.11. The number of hydrogen-bond donors (Lipinski definition) is 1. The summed E-state index contributed by atoms with van der Waals surface area (Å²) in [6, 6.07) is 12.5. The molecule has 0 aliphatic carbocycles. The zero-order valence-electron chi connectivity index (χ0n) is 15.1. The van der Waals surface area contributed by atoms with E-state index in [9.17, 15) is 8.78 Å². The molecule has 0 spiro atoms. The fraction of sp³-hybridized carbons (Fsp3) is 0.222. The van der Waals surface area contributed by atoms with E-state index in [0.29, 0.717) is 39.1 Å². The van der Waals surface area contributed by atoms with Gasteiger partial charge in [-0.15, -0.1) is 10.2 Å². The highest BCUT2D eigenvalue weighted by atomic mass is 32.2. The molecule has 0 aliphatic heterocycles. The van der Waals surface area contributed by atoms with Crippen LogP contribution in [0.4, 0.5) is 8.78 Å². The number of aromatic nitrogens is 3. The van der Waals surface area contributed by atoms with Crippen molar-refractivity contribution in [1.82, 2.24) is 14.9 Å². The maximum absolute atomic E-state index is 12.6. The third kappa shape index (κ3) is 4.68. The highest BCUT2D eigenvalue weighted by Crippen LogP contribution is 2.35. The molecule has 0 saturated heterocycles. The molecular weight excluding hydrogens is 406 g/mol. The van der Waals surface area contributed by atoms with Crippen molar-refractivity contribution >= 4 is 23.5 Å². The summed E-state index contributed by atoms with van der Waals surface area (Å²) < 4.78 is 37.0. The first kappa shape index (κ1) is 20.3. The van der Waals surface area contributed by atoms with E-state index in [4.69, 9.17) is 15.3 Å². The number of thioether (sulfide) groups is 2. The van der Waals surface area contributed by atoms with Crippen molar-refractivity contribution in [3.63, 3.8) is 0 Å². The van der Waals surface area contributed by atoms with E-state index in [-0.39, 0.29) is 0 Å². The minimum atomic E-state index is -2.50. The summed E-state index contributed by atoms with van der Waals surface area (Å²) >= 11 is 1.85. The van der Waals surface area contributed by atoms with E-state index in [2.05, 4.69) is 10.2 Å². The molecule has 1 aromatic heterocycles. The van der Waals surface area contributed by atoms with Crippen LogP contribution < -0.4 is 15.3 Å². The smallest absolute Gasteiger partial charge is 0.289 e. The van der Waals surface area contributed by atoms with E-state index >= 15 is 0 Å². The average molecular weight is 424 g/mol. The van der Waals surface area contributed by atoms with Crippen LogP contribution in [0.1, 0.15) is 5.56 Å². The number of ether oxygens (including phenoxy) is 2. The minimum absolute atomic E-state index is 0.398. The normalized spacial score (nSPS) is 11.0. The Morgan fingerprint density at radius 1 is 1.07 bits per heavy atom. The van der Waals surface area contributed by atoms with Gasteiger partial charge in [0.2, 0.25) is 5.16 Å². The molecule has 0 radical (unpaired) electrons. The van der Waals surface area contributed by atoms with Gasteiger partial charge in [-0.2, -0.15) is 8.78 Å². The molecule has 0 amide bonds. The van der Waals surface area contributed by atoms with E-state index < -0.39 is 5.76 Å². The van der Waals surface area contributed by atoms with E-state index in [1.54, 1.807) is 25.3 Å². The molecule has 0 fully saturated rings. The van der Waals surface area contributed by atoms with Crippen LogP contribution in [0.15, 0.2) is 52.5 Å². The lowest BCUT2D eigenvalue weighted by Gasteiger charge is -2.10. The molecular formula is C18H18F2N4O2S2. The molecule has 2 aromatic carbocycles. The Bertz CT molecular complexity index is 936. The number of rotatable bonds is 8. The molecule has 0 bridgehead atoms. The van der Waals surface area contributed by atoms with Gasteiger partial charge >= 0.3 is 0 Å². The number of nitrogens with zero attached hydrogens (tertiary/aromatic N) is 3. The van der Waals surface area contributed by atoms with Crippen LogP contribution in [-0.4, -0.2) is 34.9 Å². The van der Waals surface area contributed by atoms with Crippen molar-refractivity contribution in [1.29, 1.82) is 0 Å². The van der Waals surface area contributed by atoms with Crippen molar-refractivity contribution in [2.45, 2.75) is 21.6 Å². The standard InChI is InChI=1S/C18H18F2N4O2S2/c1-25-13-6-4-12(5-7-13)16-22-23-18(24(16)21)27-10-11-3-8-15(28-17(19)20)14(9-11)26-2/h3-9,17H,10,21H2,1-2H3. The van der Waals surface area contributed by atoms with E-state index in [1.807, 2.05) is 24.3 Å². The molecule has 0 atom stereocenters. The maximum atomic E-state index is 12.6. The molecule has 148 valence electrons. The number of alkyl halides is 2. The highest BCUT2D eigenvalue weighted by Gasteiger charge is 2.14. The lowest BCUT2D eigenvalue weighted by molar-refractivity contribution is 0.251. The third-order valence-corrected chi connectivity index (χ3v) is 5.61. The molecule has 28 heavy (non-hydrogen) atoms. The van der Waals surface area contributed by atoms with Gasteiger partial charge in [0.1, 0.15) is 11.5 Å². The van der Waals surface area contributed by atoms with Crippen molar-refractivity contribution < 1.29 is 18.3 Å². The second-order valence-electron chi connectivity index (χ2n) is 5.56. The van der Waals surface area contributed by atoms with Crippen LogP contribution in [0, 0.1) is 0 Å². The molecule has 3 aromatic rings. The zero-order valence-corrected chi connectivity index (χ0v) is 16.8. The van der Waals surface area contributed by atoms with Crippen LogP contribution >= 0.6 is 23.5 Å². The number of nitrogens with two attached hydrogens (primary N) is 1. The summed E-state index contributed by atoms with van der Waals surface area (Å²) in [7, 11) is 3.06. The summed E-state index contributed by atoms with van der Waals surface area (Å²) in [4.78, 5) is 0.398. The van der Waals surface area contributed by atoms with Crippen molar-refractivity contribution in [2.24, 2.45) is 0 Å². The molecule has 0 unspecified atom stereocenters. The Kier molecular flexibility index (Phi) is 6.63. The van der Waals surface area contributed by atoms with Gasteiger partial charge in [0.15, 0.2) is 5.82 Å². The summed E-state index contributed by atoms with van der Waals surface area (Å²) in [5, 5.41) is 8.82. The number of nitrogen functional groups attached to an aromatic ring is 1. The number of methoxy groups -OCH3 is 2. The molecule has 10 heteroatoms. The fourth-order valence-corrected chi connectivity index (χ4v) is 3.85. The molecule has 0 aliphatic rings. The average Bonchev–Trinajstić information content (AvgIpc) is 3.07. The van der Waals surface area contributed by atoms with Crippen molar-refractivity contribution in [3.8, 4) is 22.9 Å². The van der Waals surface area contributed by atoms with Gasteiger partial charge in [-0.05, 0) is 42.0 Å². The third-order valence-electron chi connectivity index (χ3n) is 3.82. The quantitative estimate of drug-likeness (QED) is 0.427. The van der Waals surface area contributed by atoms with Crippen LogP contribution in [0.3, 0.4) is 0 Å². The van der Waals surface area contributed by atoms with Crippen LogP contribution in [-0.2, 0) is 5.75 Å². The van der Waals surface area contributed by atoms with E-state index in [0.717, 1.165) is 16.9 Å². The number of hydrogen-bond acceptors (Lipinski definition) is 7. The molecule has 3 rings (SSSR count). The van der Waals surface area contributed by atoms with Gasteiger partial charge in [0.25, 0.3) is 5.76 Å². The second kappa shape index (κ2) is 9.16. The van der Waals surface area contributed by atoms with Gasteiger partial charge < -0.3 is 15.3 Å². The predicted molar refractivity (Wildman–Crippen MR) is 107 cm³/mol. The zero-order chi connectivity index (χ0) is 20.1. The fourth-order valence-electron chi connectivity index (χ4n) is 2.46. The van der Waals surface area contributed by atoms with Gasteiger partial charge in [-0.3, -0.25) is 0 Å². The number of halogens is 2. The maximum Gasteiger partial charge on any atom is 0.289 e.